The Bertz CT molecular complexity index is 5020. The fourth-order valence-electron chi connectivity index (χ4n) is 12.3. The summed E-state index contributed by atoms with van der Waals surface area (Å²) in [6.07, 6.45) is 0. The van der Waals surface area contributed by atoms with Crippen molar-refractivity contribution in [1.82, 2.24) is 9.13 Å². The zero-order valence-electron chi connectivity index (χ0n) is 43.2. The van der Waals surface area contributed by atoms with Crippen LogP contribution >= 0.6 is 0 Å². The van der Waals surface area contributed by atoms with Gasteiger partial charge in [0.05, 0.1) is 57.3 Å². The summed E-state index contributed by atoms with van der Waals surface area (Å²) in [5.74, 6) is 0. The number of benzene rings is 13. The minimum atomic E-state index is 0.620. The Kier molecular flexibility index (Phi) is 10.9. The molecule has 15 rings (SSSR count). The molecular formula is C74H46N6. The van der Waals surface area contributed by atoms with Crippen molar-refractivity contribution in [3.63, 3.8) is 0 Å². The van der Waals surface area contributed by atoms with Gasteiger partial charge in [0.1, 0.15) is 0 Å². The molecule has 0 aliphatic heterocycles. The second kappa shape index (κ2) is 18.8. The quantitative estimate of drug-likeness (QED) is 0.135. The molecule has 0 spiro atoms. The van der Waals surface area contributed by atoms with Crippen LogP contribution in [-0.4, -0.2) is 9.13 Å². The van der Waals surface area contributed by atoms with Gasteiger partial charge in [0.25, 0.3) is 0 Å². The van der Waals surface area contributed by atoms with Gasteiger partial charge in [-0.2, -0.15) is 5.26 Å². The van der Waals surface area contributed by atoms with E-state index in [2.05, 4.69) is 260 Å². The van der Waals surface area contributed by atoms with E-state index in [0.717, 1.165) is 122 Å². The van der Waals surface area contributed by atoms with Crippen LogP contribution in [0.15, 0.2) is 279 Å². The minimum Gasteiger partial charge on any atom is -0.310 e. The summed E-state index contributed by atoms with van der Waals surface area (Å²) in [4.78, 5) is 8.49. The highest BCUT2D eigenvalue weighted by Gasteiger charge is 2.23. The molecule has 6 heteroatoms. The van der Waals surface area contributed by atoms with Crippen LogP contribution in [0.3, 0.4) is 0 Å². The van der Waals surface area contributed by atoms with Gasteiger partial charge < -0.3 is 18.9 Å². The monoisotopic (exact) mass is 1020 g/mol. The fraction of sp³-hybridized carbons (Fsp3) is 0. The highest BCUT2D eigenvalue weighted by Crippen LogP contribution is 2.48. The van der Waals surface area contributed by atoms with Crippen LogP contribution in [0.2, 0.25) is 0 Å². The summed E-state index contributed by atoms with van der Waals surface area (Å²) in [6.45, 7) is 7.58. The Morgan fingerprint density at radius 2 is 0.775 bits per heavy atom. The van der Waals surface area contributed by atoms with Crippen molar-refractivity contribution in [2.45, 2.75) is 0 Å². The topological polar surface area (TPSA) is 44.5 Å². The van der Waals surface area contributed by atoms with Gasteiger partial charge >= 0.3 is 0 Å². The second-order valence-corrected chi connectivity index (χ2v) is 20.3. The number of aromatic nitrogens is 2. The van der Waals surface area contributed by atoms with Crippen LogP contribution in [0.1, 0.15) is 5.56 Å². The Balaban J connectivity index is 0.874. The number of nitriles is 1. The zero-order valence-corrected chi connectivity index (χ0v) is 43.2. The average molecular weight is 1020 g/mol. The Morgan fingerprint density at radius 1 is 0.338 bits per heavy atom. The van der Waals surface area contributed by atoms with Gasteiger partial charge in [-0.1, -0.05) is 164 Å². The molecule has 0 saturated heterocycles. The maximum absolute atomic E-state index is 9.60. The van der Waals surface area contributed by atoms with Gasteiger partial charge in [-0.15, -0.1) is 0 Å². The summed E-state index contributed by atoms with van der Waals surface area (Å²) in [5, 5.41) is 21.1. The van der Waals surface area contributed by atoms with Crippen molar-refractivity contribution in [3.05, 3.63) is 296 Å². The number of anilines is 6. The van der Waals surface area contributed by atoms with Crippen molar-refractivity contribution in [2.75, 3.05) is 9.80 Å². The molecule has 6 nitrogen and oxygen atoms in total. The van der Waals surface area contributed by atoms with Gasteiger partial charge in [-0.05, 0) is 143 Å². The number of para-hydroxylation sites is 2. The van der Waals surface area contributed by atoms with E-state index in [4.69, 9.17) is 6.57 Å². The standard InChI is InChI=1S/C74H46N6/c1-76-53-32-38-56(39-33-53)79-71-25-11-9-23-65(71)67-47-58(41-44-74(67)79)80(69-27-13-17-51-15-3-5-19-61(51)69)72-45-42-59(62-20-6-7-21-63(62)72)52-30-36-54(37-31-52)77(68-26-12-16-50-14-2-4-18-60(50)68)57-40-43-73-66(46-57)64-22-8-10-24-70(64)78(73)55-34-28-49(48-75)29-35-55/h2-47H. The third-order valence-electron chi connectivity index (χ3n) is 15.9. The molecule has 0 bridgehead atoms. The van der Waals surface area contributed by atoms with Crippen LogP contribution in [0.5, 0.6) is 0 Å². The first-order valence-electron chi connectivity index (χ1n) is 26.8. The first kappa shape index (κ1) is 46.1. The van der Waals surface area contributed by atoms with E-state index in [1.807, 2.05) is 48.5 Å². The molecule has 0 atom stereocenters. The highest BCUT2D eigenvalue weighted by atomic mass is 15.2. The van der Waals surface area contributed by atoms with E-state index >= 15 is 0 Å². The summed E-state index contributed by atoms with van der Waals surface area (Å²) in [6, 6.07) is 102. The first-order chi connectivity index (χ1) is 39.6. The number of fused-ring (bicyclic) bond motifs is 9. The summed E-state index contributed by atoms with van der Waals surface area (Å²) in [5.41, 5.74) is 16.3. The molecule has 0 N–H and O–H groups in total. The summed E-state index contributed by atoms with van der Waals surface area (Å²) < 4.78 is 4.60. The van der Waals surface area contributed by atoms with Crippen molar-refractivity contribution in [2.24, 2.45) is 0 Å². The molecule has 13 aromatic carbocycles. The highest BCUT2D eigenvalue weighted by molar-refractivity contribution is 6.14. The number of hydrogen-bond acceptors (Lipinski definition) is 3. The van der Waals surface area contributed by atoms with Crippen LogP contribution < -0.4 is 9.80 Å². The molecule has 0 saturated carbocycles. The van der Waals surface area contributed by atoms with Gasteiger partial charge in [0.15, 0.2) is 5.69 Å². The maximum atomic E-state index is 9.60. The predicted octanol–water partition coefficient (Wildman–Crippen LogP) is 20.4. The Hall–Kier alpha value is -11.2. The predicted molar refractivity (Wildman–Crippen MR) is 333 cm³/mol. The van der Waals surface area contributed by atoms with E-state index in [-0.39, 0.29) is 0 Å². The van der Waals surface area contributed by atoms with E-state index in [0.29, 0.717) is 11.3 Å². The Labute approximate surface area is 462 Å². The average Bonchev–Trinajstić information content (AvgIpc) is 4.15. The van der Waals surface area contributed by atoms with E-state index < -0.39 is 0 Å². The number of nitrogens with zero attached hydrogens (tertiary/aromatic N) is 6. The molecule has 0 aliphatic rings. The third kappa shape index (κ3) is 7.47. The molecule has 0 fully saturated rings. The van der Waals surface area contributed by atoms with Crippen LogP contribution in [0.25, 0.3) is 103 Å². The molecule has 0 aliphatic carbocycles. The van der Waals surface area contributed by atoms with Crippen LogP contribution in [0, 0.1) is 17.9 Å². The smallest absolute Gasteiger partial charge is 0.187 e. The number of rotatable bonds is 9. The summed E-state index contributed by atoms with van der Waals surface area (Å²) >= 11 is 0. The zero-order chi connectivity index (χ0) is 53.3. The van der Waals surface area contributed by atoms with Crippen molar-refractivity contribution in [1.29, 1.82) is 5.26 Å². The lowest BCUT2D eigenvalue weighted by atomic mass is 9.95. The molecule has 0 radical (unpaired) electrons. The molecule has 80 heavy (non-hydrogen) atoms. The molecule has 2 aromatic heterocycles. The summed E-state index contributed by atoms with van der Waals surface area (Å²) in [7, 11) is 0. The lowest BCUT2D eigenvalue weighted by molar-refractivity contribution is 1.18. The van der Waals surface area contributed by atoms with Gasteiger partial charge in [0.2, 0.25) is 0 Å². The van der Waals surface area contributed by atoms with Crippen LogP contribution in [-0.2, 0) is 0 Å². The fourth-order valence-corrected chi connectivity index (χ4v) is 12.3. The second-order valence-electron chi connectivity index (χ2n) is 20.3. The van der Waals surface area contributed by atoms with Crippen molar-refractivity contribution < 1.29 is 0 Å². The first-order valence-corrected chi connectivity index (χ1v) is 26.8. The normalized spacial score (nSPS) is 11.5. The lowest BCUT2D eigenvalue weighted by Gasteiger charge is -2.29. The maximum Gasteiger partial charge on any atom is 0.187 e. The molecule has 372 valence electrons. The number of hydrogen-bond donors (Lipinski definition) is 0. The molecule has 2 heterocycles. The van der Waals surface area contributed by atoms with E-state index in [9.17, 15) is 5.26 Å². The van der Waals surface area contributed by atoms with E-state index in [1.165, 1.54) is 10.8 Å². The molecule has 15 aromatic rings. The van der Waals surface area contributed by atoms with E-state index in [1.54, 1.807) is 0 Å². The van der Waals surface area contributed by atoms with Gasteiger partial charge in [0, 0.05) is 66.1 Å². The van der Waals surface area contributed by atoms with Gasteiger partial charge in [-0.25, -0.2) is 4.85 Å². The van der Waals surface area contributed by atoms with Crippen LogP contribution in [0.4, 0.5) is 39.8 Å². The van der Waals surface area contributed by atoms with Crippen molar-refractivity contribution in [3.8, 4) is 28.6 Å². The Morgan fingerprint density at radius 3 is 1.34 bits per heavy atom. The van der Waals surface area contributed by atoms with Gasteiger partial charge in [-0.3, -0.25) is 0 Å². The SMILES string of the molecule is [C-]#[N+]c1ccc(-n2c3ccccc3c3cc(N(c4cccc5ccccc45)c4ccc(-c5ccc(N(c6ccc7c(c6)c6ccccc6n7-c6ccc(C#N)cc6)c6cccc7ccccc67)cc5)c5ccccc45)ccc32)cc1. The lowest BCUT2D eigenvalue weighted by Crippen LogP contribution is -2.11. The molecule has 0 amide bonds. The van der Waals surface area contributed by atoms with Crippen molar-refractivity contribution >= 4 is 116 Å². The third-order valence-corrected chi connectivity index (χ3v) is 15.9. The molecular weight excluding hydrogens is 973 g/mol. The molecule has 0 unspecified atom stereocenters. The largest absolute Gasteiger partial charge is 0.310 e. The minimum absolute atomic E-state index is 0.620.